The highest BCUT2D eigenvalue weighted by Gasteiger charge is 2.13. The van der Waals surface area contributed by atoms with Crippen molar-refractivity contribution in [1.29, 1.82) is 0 Å². The van der Waals surface area contributed by atoms with Gasteiger partial charge in [-0.2, -0.15) is 5.10 Å². The normalized spacial score (nSPS) is 10.5. The summed E-state index contributed by atoms with van der Waals surface area (Å²) in [7, 11) is 1.62. The number of H-pyrrole nitrogens is 1. The van der Waals surface area contributed by atoms with E-state index < -0.39 is 0 Å². The van der Waals surface area contributed by atoms with E-state index in [-0.39, 0.29) is 5.91 Å². The summed E-state index contributed by atoms with van der Waals surface area (Å²) in [5.41, 5.74) is 3.16. The number of halogens is 1. The second-order valence-corrected chi connectivity index (χ2v) is 6.20. The molecule has 0 saturated carbocycles. The SMILES string of the molecule is COc1ccccc1-c1cc(NC(=O)c2ccc(Br)cc2C)n[nH]1. The Labute approximate surface area is 148 Å². The van der Waals surface area contributed by atoms with Crippen LogP contribution in [0.5, 0.6) is 5.75 Å². The number of methoxy groups -OCH3 is 1. The van der Waals surface area contributed by atoms with E-state index in [0.717, 1.165) is 27.0 Å². The minimum Gasteiger partial charge on any atom is -0.496 e. The molecule has 1 heterocycles. The molecule has 24 heavy (non-hydrogen) atoms. The predicted molar refractivity (Wildman–Crippen MR) is 97.4 cm³/mol. The van der Waals surface area contributed by atoms with E-state index in [2.05, 4.69) is 31.4 Å². The summed E-state index contributed by atoms with van der Waals surface area (Å²) in [5, 5.41) is 9.89. The highest BCUT2D eigenvalue weighted by atomic mass is 79.9. The number of amides is 1. The zero-order valence-corrected chi connectivity index (χ0v) is 14.8. The molecule has 1 aromatic heterocycles. The number of rotatable bonds is 4. The lowest BCUT2D eigenvalue weighted by molar-refractivity contribution is 0.102. The van der Waals surface area contributed by atoms with Crippen molar-refractivity contribution < 1.29 is 9.53 Å². The van der Waals surface area contributed by atoms with Gasteiger partial charge >= 0.3 is 0 Å². The molecule has 0 spiro atoms. The zero-order chi connectivity index (χ0) is 17.1. The summed E-state index contributed by atoms with van der Waals surface area (Å²) in [6.07, 6.45) is 0. The molecular weight excluding hydrogens is 370 g/mol. The van der Waals surface area contributed by atoms with Crippen molar-refractivity contribution in [2.75, 3.05) is 12.4 Å². The Morgan fingerprint density at radius 2 is 2.00 bits per heavy atom. The van der Waals surface area contributed by atoms with Gasteiger partial charge in [0.1, 0.15) is 5.75 Å². The fourth-order valence-corrected chi connectivity index (χ4v) is 2.93. The number of nitrogens with one attached hydrogen (secondary N) is 2. The molecule has 6 heteroatoms. The van der Waals surface area contributed by atoms with Crippen LogP contribution in [0.4, 0.5) is 5.82 Å². The average Bonchev–Trinajstić information content (AvgIpc) is 3.03. The minimum atomic E-state index is -0.196. The zero-order valence-electron chi connectivity index (χ0n) is 13.3. The van der Waals surface area contributed by atoms with Gasteiger partial charge in [-0.1, -0.05) is 28.1 Å². The Kier molecular flexibility index (Phi) is 4.66. The van der Waals surface area contributed by atoms with Crippen LogP contribution in [0.25, 0.3) is 11.3 Å². The molecule has 0 saturated heterocycles. The number of aromatic nitrogens is 2. The number of carbonyl (C=O) groups excluding carboxylic acids is 1. The van der Waals surface area contributed by atoms with E-state index in [1.807, 2.05) is 43.3 Å². The monoisotopic (exact) mass is 385 g/mol. The molecule has 2 aromatic carbocycles. The summed E-state index contributed by atoms with van der Waals surface area (Å²) < 4.78 is 6.29. The highest BCUT2D eigenvalue weighted by molar-refractivity contribution is 9.10. The van der Waals surface area contributed by atoms with Crippen molar-refractivity contribution in [2.24, 2.45) is 0 Å². The van der Waals surface area contributed by atoms with Crippen molar-refractivity contribution in [1.82, 2.24) is 10.2 Å². The first-order valence-electron chi connectivity index (χ1n) is 7.35. The largest absolute Gasteiger partial charge is 0.496 e. The Balaban J connectivity index is 1.82. The fourth-order valence-electron chi connectivity index (χ4n) is 2.46. The van der Waals surface area contributed by atoms with Crippen LogP contribution in [0.15, 0.2) is 53.0 Å². The van der Waals surface area contributed by atoms with Crippen molar-refractivity contribution in [2.45, 2.75) is 6.92 Å². The summed E-state index contributed by atoms with van der Waals surface area (Å²) in [4.78, 5) is 12.4. The number of aryl methyl sites for hydroxylation is 1. The number of carbonyl (C=O) groups is 1. The Hall–Kier alpha value is -2.60. The molecule has 5 nitrogen and oxygen atoms in total. The molecular formula is C18H16BrN3O2. The summed E-state index contributed by atoms with van der Waals surface area (Å²) in [6.45, 7) is 1.89. The number of ether oxygens (including phenoxy) is 1. The van der Waals surface area contributed by atoms with Crippen LogP contribution in [-0.2, 0) is 0 Å². The summed E-state index contributed by atoms with van der Waals surface area (Å²) >= 11 is 3.39. The third kappa shape index (κ3) is 3.33. The Morgan fingerprint density at radius 1 is 1.21 bits per heavy atom. The molecule has 0 aliphatic rings. The van der Waals surface area contributed by atoms with E-state index in [1.54, 1.807) is 19.2 Å². The van der Waals surface area contributed by atoms with E-state index >= 15 is 0 Å². The fraction of sp³-hybridized carbons (Fsp3) is 0.111. The molecule has 3 rings (SSSR count). The third-order valence-electron chi connectivity index (χ3n) is 3.65. The van der Waals surface area contributed by atoms with Gasteiger partial charge in [0.15, 0.2) is 5.82 Å². The van der Waals surface area contributed by atoms with Crippen LogP contribution in [0.2, 0.25) is 0 Å². The molecule has 0 bridgehead atoms. The van der Waals surface area contributed by atoms with Gasteiger partial charge in [0.2, 0.25) is 0 Å². The van der Waals surface area contributed by atoms with Crippen LogP contribution >= 0.6 is 15.9 Å². The van der Waals surface area contributed by atoms with Crippen LogP contribution in [0, 0.1) is 6.92 Å². The van der Waals surface area contributed by atoms with Crippen molar-refractivity contribution >= 4 is 27.7 Å². The van der Waals surface area contributed by atoms with Crippen LogP contribution in [0.3, 0.4) is 0 Å². The molecule has 122 valence electrons. The van der Waals surface area contributed by atoms with E-state index in [1.165, 1.54) is 0 Å². The van der Waals surface area contributed by atoms with E-state index in [4.69, 9.17) is 4.74 Å². The van der Waals surface area contributed by atoms with Gasteiger partial charge in [0, 0.05) is 21.7 Å². The number of anilines is 1. The predicted octanol–water partition coefficient (Wildman–Crippen LogP) is 4.41. The number of hydrogen-bond donors (Lipinski definition) is 2. The quantitative estimate of drug-likeness (QED) is 0.698. The maximum Gasteiger partial charge on any atom is 0.257 e. The number of benzene rings is 2. The highest BCUT2D eigenvalue weighted by Crippen LogP contribution is 2.29. The van der Waals surface area contributed by atoms with Gasteiger partial charge in [0.05, 0.1) is 12.8 Å². The van der Waals surface area contributed by atoms with Gasteiger partial charge in [-0.05, 0) is 42.8 Å². The molecule has 0 unspecified atom stereocenters. The number of nitrogens with zero attached hydrogens (tertiary/aromatic N) is 1. The standard InChI is InChI=1S/C18H16BrN3O2/c1-11-9-12(19)7-8-13(11)18(23)20-17-10-15(21-22-17)14-5-3-4-6-16(14)24-2/h3-10H,1-2H3,(H2,20,21,22,23). The Morgan fingerprint density at radius 3 is 2.75 bits per heavy atom. The lowest BCUT2D eigenvalue weighted by Crippen LogP contribution is -2.13. The molecule has 0 radical (unpaired) electrons. The van der Waals surface area contributed by atoms with Gasteiger partial charge < -0.3 is 10.1 Å². The molecule has 0 aliphatic heterocycles. The first-order chi connectivity index (χ1) is 11.6. The number of hydrogen-bond acceptors (Lipinski definition) is 3. The molecule has 0 aliphatic carbocycles. The van der Waals surface area contributed by atoms with E-state index in [0.29, 0.717) is 11.4 Å². The third-order valence-corrected chi connectivity index (χ3v) is 4.14. The van der Waals surface area contributed by atoms with Crippen LogP contribution in [0.1, 0.15) is 15.9 Å². The lowest BCUT2D eigenvalue weighted by Gasteiger charge is -2.06. The second-order valence-electron chi connectivity index (χ2n) is 5.28. The van der Waals surface area contributed by atoms with Crippen molar-refractivity contribution in [3.05, 3.63) is 64.1 Å². The molecule has 0 atom stereocenters. The summed E-state index contributed by atoms with van der Waals surface area (Å²) in [5.74, 6) is 1.00. The molecule has 1 amide bonds. The number of aromatic amines is 1. The molecule has 0 fully saturated rings. The second kappa shape index (κ2) is 6.88. The topological polar surface area (TPSA) is 67.0 Å². The van der Waals surface area contributed by atoms with Gasteiger partial charge in [-0.3, -0.25) is 9.89 Å². The first-order valence-corrected chi connectivity index (χ1v) is 8.14. The van der Waals surface area contributed by atoms with Gasteiger partial charge in [0.25, 0.3) is 5.91 Å². The maximum absolute atomic E-state index is 12.4. The van der Waals surface area contributed by atoms with Gasteiger partial charge in [-0.25, -0.2) is 0 Å². The van der Waals surface area contributed by atoms with Crippen molar-refractivity contribution in [3.8, 4) is 17.0 Å². The Bertz CT molecular complexity index is 889. The van der Waals surface area contributed by atoms with Gasteiger partial charge in [-0.15, -0.1) is 0 Å². The minimum absolute atomic E-state index is 0.196. The smallest absolute Gasteiger partial charge is 0.257 e. The van der Waals surface area contributed by atoms with Crippen molar-refractivity contribution in [3.63, 3.8) is 0 Å². The lowest BCUT2D eigenvalue weighted by atomic mass is 10.1. The molecule has 3 aromatic rings. The van der Waals surface area contributed by atoms with Crippen LogP contribution < -0.4 is 10.1 Å². The average molecular weight is 386 g/mol. The van der Waals surface area contributed by atoms with E-state index in [9.17, 15) is 4.79 Å². The first kappa shape index (κ1) is 16.3. The summed E-state index contributed by atoms with van der Waals surface area (Å²) in [6, 6.07) is 14.9. The molecule has 2 N–H and O–H groups in total. The number of para-hydroxylation sites is 1. The van der Waals surface area contributed by atoms with Crippen LogP contribution in [-0.4, -0.2) is 23.2 Å². The maximum atomic E-state index is 12.4.